The van der Waals surface area contributed by atoms with Crippen molar-refractivity contribution in [2.45, 2.75) is 0 Å². The van der Waals surface area contributed by atoms with E-state index in [1.807, 2.05) is 24.3 Å². The fourth-order valence-electron chi connectivity index (χ4n) is 2.30. The van der Waals surface area contributed by atoms with Crippen LogP contribution in [0.4, 0.5) is 5.69 Å². The lowest BCUT2D eigenvalue weighted by Gasteiger charge is -2.02. The van der Waals surface area contributed by atoms with Crippen molar-refractivity contribution in [1.82, 2.24) is 0 Å². The molecule has 3 rings (SSSR count). The van der Waals surface area contributed by atoms with Gasteiger partial charge in [-0.2, -0.15) is 5.26 Å². The molecule has 2 aromatic carbocycles. The van der Waals surface area contributed by atoms with Crippen LogP contribution in [0.15, 0.2) is 64.6 Å². The number of carbonyl (C=O) groups is 1. The van der Waals surface area contributed by atoms with Crippen LogP contribution in [0.3, 0.4) is 0 Å². The smallest absolute Gasteiger partial charge is 0.266 e. The lowest BCUT2D eigenvalue weighted by molar-refractivity contribution is -0.112. The van der Waals surface area contributed by atoms with Gasteiger partial charge >= 0.3 is 0 Å². The maximum absolute atomic E-state index is 12.2. The number of hydrogen-bond acceptors (Lipinski definition) is 4. The summed E-state index contributed by atoms with van der Waals surface area (Å²) in [5.74, 6) is 0.518. The molecule has 0 atom stereocenters. The van der Waals surface area contributed by atoms with Crippen molar-refractivity contribution in [2.75, 3.05) is 12.4 Å². The third kappa shape index (κ3) is 3.13. The Morgan fingerprint density at radius 2 is 2.00 bits per heavy atom. The number of amides is 1. The predicted molar refractivity (Wildman–Crippen MR) is 91.4 cm³/mol. The van der Waals surface area contributed by atoms with Crippen LogP contribution < -0.4 is 10.1 Å². The number of methoxy groups -OCH3 is 1. The van der Waals surface area contributed by atoms with Crippen LogP contribution >= 0.6 is 0 Å². The Bertz CT molecular complexity index is 950. The van der Waals surface area contributed by atoms with Crippen LogP contribution in [0.25, 0.3) is 17.0 Å². The summed E-state index contributed by atoms with van der Waals surface area (Å²) in [6, 6.07) is 18.1. The maximum atomic E-state index is 12.2. The molecule has 0 unspecified atom stereocenters. The number of hydrogen-bond donors (Lipinski definition) is 1. The van der Waals surface area contributed by atoms with E-state index in [0.717, 1.165) is 5.39 Å². The van der Waals surface area contributed by atoms with Crippen LogP contribution in [0.5, 0.6) is 5.75 Å². The topological polar surface area (TPSA) is 75.3 Å². The number of fused-ring (bicyclic) bond motifs is 1. The van der Waals surface area contributed by atoms with E-state index >= 15 is 0 Å². The van der Waals surface area contributed by atoms with Crippen molar-refractivity contribution in [2.24, 2.45) is 0 Å². The molecule has 1 aromatic heterocycles. The molecule has 0 aliphatic heterocycles. The Labute approximate surface area is 138 Å². The van der Waals surface area contributed by atoms with Gasteiger partial charge < -0.3 is 14.5 Å². The highest BCUT2D eigenvalue weighted by molar-refractivity contribution is 6.09. The Morgan fingerprint density at radius 3 is 2.71 bits per heavy atom. The quantitative estimate of drug-likeness (QED) is 0.583. The second kappa shape index (κ2) is 6.71. The Kier molecular flexibility index (Phi) is 4.30. The Balaban J connectivity index is 1.90. The highest BCUT2D eigenvalue weighted by atomic mass is 16.5. The number of para-hydroxylation sites is 2. The van der Waals surface area contributed by atoms with Gasteiger partial charge in [0, 0.05) is 17.1 Å². The SMILES string of the molecule is COc1cccc2cc(C=C(C#N)C(=O)Nc3ccccc3)oc12. The first-order valence-electron chi connectivity index (χ1n) is 7.26. The van der Waals surface area contributed by atoms with E-state index in [-0.39, 0.29) is 5.57 Å². The lowest BCUT2D eigenvalue weighted by atomic mass is 10.2. The molecule has 0 saturated heterocycles. The number of ether oxygens (including phenoxy) is 1. The lowest BCUT2D eigenvalue weighted by Crippen LogP contribution is -2.13. The molecule has 118 valence electrons. The van der Waals surface area contributed by atoms with Gasteiger partial charge in [0.05, 0.1) is 7.11 Å². The summed E-state index contributed by atoms with van der Waals surface area (Å²) in [4.78, 5) is 12.2. The standard InChI is InChI=1S/C19H14N2O3/c1-23-17-9-5-6-13-10-16(24-18(13)17)11-14(12-20)19(22)21-15-7-3-2-4-8-15/h2-11H,1H3,(H,21,22). The van der Waals surface area contributed by atoms with Gasteiger partial charge in [0.1, 0.15) is 17.4 Å². The zero-order valence-corrected chi connectivity index (χ0v) is 12.9. The van der Waals surface area contributed by atoms with Gasteiger partial charge in [0.2, 0.25) is 0 Å². The summed E-state index contributed by atoms with van der Waals surface area (Å²) >= 11 is 0. The Hall–Kier alpha value is -3.52. The van der Waals surface area contributed by atoms with E-state index < -0.39 is 5.91 Å². The summed E-state index contributed by atoms with van der Waals surface area (Å²) in [6.45, 7) is 0. The van der Waals surface area contributed by atoms with Gasteiger partial charge in [-0.15, -0.1) is 0 Å². The molecule has 0 aliphatic rings. The third-order valence-electron chi connectivity index (χ3n) is 3.43. The van der Waals surface area contributed by atoms with E-state index in [1.165, 1.54) is 6.08 Å². The second-order valence-corrected chi connectivity index (χ2v) is 5.02. The molecule has 0 saturated carbocycles. The monoisotopic (exact) mass is 318 g/mol. The highest BCUT2D eigenvalue weighted by Gasteiger charge is 2.12. The van der Waals surface area contributed by atoms with E-state index in [2.05, 4.69) is 5.32 Å². The van der Waals surface area contributed by atoms with Gasteiger partial charge in [-0.1, -0.05) is 30.3 Å². The van der Waals surface area contributed by atoms with Crippen LogP contribution in [-0.4, -0.2) is 13.0 Å². The summed E-state index contributed by atoms with van der Waals surface area (Å²) in [5, 5.41) is 12.8. The number of benzene rings is 2. The normalized spacial score (nSPS) is 11.1. The molecule has 0 radical (unpaired) electrons. The number of anilines is 1. The average Bonchev–Trinajstić information content (AvgIpc) is 3.03. The van der Waals surface area contributed by atoms with E-state index in [1.54, 1.807) is 43.5 Å². The summed E-state index contributed by atoms with van der Waals surface area (Å²) in [5.41, 5.74) is 1.15. The van der Waals surface area contributed by atoms with Crippen molar-refractivity contribution in [3.05, 3.63) is 65.9 Å². The highest BCUT2D eigenvalue weighted by Crippen LogP contribution is 2.29. The second-order valence-electron chi connectivity index (χ2n) is 5.02. The summed E-state index contributed by atoms with van der Waals surface area (Å²) < 4.78 is 10.9. The number of carbonyl (C=O) groups excluding carboxylic acids is 1. The molecule has 0 spiro atoms. The Morgan fingerprint density at radius 1 is 1.21 bits per heavy atom. The predicted octanol–water partition coefficient (Wildman–Crippen LogP) is 3.99. The van der Waals surface area contributed by atoms with Crippen molar-refractivity contribution in [1.29, 1.82) is 5.26 Å². The molecule has 24 heavy (non-hydrogen) atoms. The fourth-order valence-corrected chi connectivity index (χ4v) is 2.30. The van der Waals surface area contributed by atoms with Crippen molar-refractivity contribution >= 4 is 28.6 Å². The first-order valence-corrected chi connectivity index (χ1v) is 7.26. The maximum Gasteiger partial charge on any atom is 0.266 e. The van der Waals surface area contributed by atoms with E-state index in [4.69, 9.17) is 9.15 Å². The molecule has 1 amide bonds. The van der Waals surface area contributed by atoms with Crippen molar-refractivity contribution in [3.63, 3.8) is 0 Å². The fraction of sp³-hybridized carbons (Fsp3) is 0.0526. The summed E-state index contributed by atoms with van der Waals surface area (Å²) in [7, 11) is 1.56. The minimum absolute atomic E-state index is 0.0446. The number of nitrogens with one attached hydrogen (secondary N) is 1. The molecule has 1 heterocycles. The molecular formula is C19H14N2O3. The molecule has 0 aliphatic carbocycles. The zero-order valence-electron chi connectivity index (χ0n) is 12.9. The third-order valence-corrected chi connectivity index (χ3v) is 3.43. The van der Waals surface area contributed by atoms with Crippen LogP contribution in [0, 0.1) is 11.3 Å². The molecular weight excluding hydrogens is 304 g/mol. The first kappa shape index (κ1) is 15.4. The molecule has 1 N–H and O–H groups in total. The van der Waals surface area contributed by atoms with Crippen LogP contribution in [0.1, 0.15) is 5.76 Å². The average molecular weight is 318 g/mol. The number of nitriles is 1. The molecule has 3 aromatic rings. The first-order chi connectivity index (χ1) is 11.7. The number of furan rings is 1. The molecule has 5 heteroatoms. The van der Waals surface area contributed by atoms with Gasteiger partial charge in [0.25, 0.3) is 5.91 Å². The largest absolute Gasteiger partial charge is 0.493 e. The molecule has 0 bridgehead atoms. The van der Waals surface area contributed by atoms with Crippen molar-refractivity contribution < 1.29 is 13.9 Å². The molecule has 5 nitrogen and oxygen atoms in total. The number of nitrogens with zero attached hydrogens (tertiary/aromatic N) is 1. The molecule has 0 fully saturated rings. The number of rotatable bonds is 4. The van der Waals surface area contributed by atoms with Crippen molar-refractivity contribution in [3.8, 4) is 11.8 Å². The zero-order chi connectivity index (χ0) is 16.9. The minimum Gasteiger partial charge on any atom is -0.493 e. The van der Waals surface area contributed by atoms with Gasteiger partial charge in [-0.25, -0.2) is 0 Å². The van der Waals surface area contributed by atoms with E-state index in [9.17, 15) is 10.1 Å². The summed E-state index contributed by atoms with van der Waals surface area (Å²) in [6.07, 6.45) is 1.41. The van der Waals surface area contributed by atoms with E-state index in [0.29, 0.717) is 22.8 Å². The van der Waals surface area contributed by atoms with Gasteiger partial charge in [-0.05, 0) is 24.3 Å². The minimum atomic E-state index is -0.490. The van der Waals surface area contributed by atoms with Gasteiger partial charge in [-0.3, -0.25) is 4.79 Å². The van der Waals surface area contributed by atoms with Crippen LogP contribution in [0.2, 0.25) is 0 Å². The van der Waals surface area contributed by atoms with Crippen LogP contribution in [-0.2, 0) is 4.79 Å². The van der Waals surface area contributed by atoms with Gasteiger partial charge in [0.15, 0.2) is 11.3 Å².